The summed E-state index contributed by atoms with van der Waals surface area (Å²) in [6.45, 7) is 4.61. The molecule has 0 saturated carbocycles. The third-order valence-electron chi connectivity index (χ3n) is 4.42. The molecule has 7 heteroatoms. The highest BCUT2D eigenvalue weighted by Gasteiger charge is 2.28. The van der Waals surface area contributed by atoms with Gasteiger partial charge in [0.1, 0.15) is 5.82 Å². The number of halogens is 1. The molecule has 1 N–H and O–H groups in total. The highest BCUT2D eigenvalue weighted by molar-refractivity contribution is 6.04. The van der Waals surface area contributed by atoms with Gasteiger partial charge in [-0.15, -0.1) is 0 Å². The van der Waals surface area contributed by atoms with E-state index >= 15 is 0 Å². The van der Waals surface area contributed by atoms with Crippen LogP contribution < -0.4 is 5.32 Å². The second kappa shape index (κ2) is 10.7. The van der Waals surface area contributed by atoms with Crippen molar-refractivity contribution in [3.05, 3.63) is 71.0 Å². The molecule has 0 fully saturated rings. The van der Waals surface area contributed by atoms with Crippen LogP contribution in [0, 0.1) is 5.82 Å². The third kappa shape index (κ3) is 6.37. The molecule has 1 atom stereocenters. The summed E-state index contributed by atoms with van der Waals surface area (Å²) < 4.78 is 24.2. The van der Waals surface area contributed by atoms with Crippen LogP contribution in [0.2, 0.25) is 0 Å². The first-order chi connectivity index (χ1) is 14.2. The minimum atomic E-state index is -0.710. The summed E-state index contributed by atoms with van der Waals surface area (Å²) in [6.07, 6.45) is -0.401. The zero-order valence-corrected chi connectivity index (χ0v) is 16.4. The van der Waals surface area contributed by atoms with E-state index in [4.69, 9.17) is 14.3 Å². The fourth-order valence-electron chi connectivity index (χ4n) is 2.94. The maximum absolute atomic E-state index is 13.4. The zero-order chi connectivity index (χ0) is 20.5. The molecular formula is C22H25FN2O4. The van der Waals surface area contributed by atoms with Crippen LogP contribution in [0.15, 0.2) is 53.7 Å². The highest BCUT2D eigenvalue weighted by atomic mass is 19.1. The number of hydrogen-bond acceptors (Lipinski definition) is 5. The van der Waals surface area contributed by atoms with Gasteiger partial charge in [0.15, 0.2) is 0 Å². The second-order valence-corrected chi connectivity index (χ2v) is 6.63. The number of nitrogens with one attached hydrogen (secondary N) is 1. The summed E-state index contributed by atoms with van der Waals surface area (Å²) >= 11 is 0. The molecule has 0 aromatic heterocycles. The van der Waals surface area contributed by atoms with Gasteiger partial charge >= 0.3 is 0 Å². The van der Waals surface area contributed by atoms with E-state index in [2.05, 4.69) is 10.5 Å². The van der Waals surface area contributed by atoms with Gasteiger partial charge in [0.05, 0.1) is 25.5 Å². The average molecular weight is 400 g/mol. The van der Waals surface area contributed by atoms with E-state index in [1.807, 2.05) is 31.2 Å². The van der Waals surface area contributed by atoms with Gasteiger partial charge in [-0.1, -0.05) is 41.6 Å². The van der Waals surface area contributed by atoms with Crippen molar-refractivity contribution < 1.29 is 23.5 Å². The first kappa shape index (κ1) is 21.0. The molecule has 0 radical (unpaired) electrons. The number of oxime groups is 1. The summed E-state index contributed by atoms with van der Waals surface area (Å²) in [4.78, 5) is 17.6. The molecule has 1 heterocycles. The first-order valence-electron chi connectivity index (χ1n) is 9.65. The van der Waals surface area contributed by atoms with Crippen molar-refractivity contribution in [2.75, 3.05) is 19.8 Å². The van der Waals surface area contributed by atoms with Crippen molar-refractivity contribution in [1.82, 2.24) is 5.32 Å². The average Bonchev–Trinajstić information content (AvgIpc) is 3.23. The lowest BCUT2D eigenvalue weighted by atomic mass is 10.0. The Morgan fingerprint density at radius 1 is 1.17 bits per heavy atom. The molecule has 2 aromatic rings. The normalized spacial score (nSPS) is 15.7. The summed E-state index contributed by atoms with van der Waals surface area (Å²) in [6, 6.07) is 13.9. The fraction of sp³-hybridized carbons (Fsp3) is 0.364. The lowest BCUT2D eigenvalue weighted by Gasteiger charge is -2.11. The van der Waals surface area contributed by atoms with Crippen molar-refractivity contribution in [3.8, 4) is 0 Å². The van der Waals surface area contributed by atoms with Crippen molar-refractivity contribution in [2.24, 2.45) is 5.16 Å². The summed E-state index contributed by atoms with van der Waals surface area (Å²) in [5.74, 6) is -0.599. The number of carbonyl (C=O) groups is 1. The summed E-state index contributed by atoms with van der Waals surface area (Å²) in [7, 11) is 0. The molecule has 1 unspecified atom stereocenters. The maximum Gasteiger partial charge on any atom is 0.264 e. The predicted octanol–water partition coefficient (Wildman–Crippen LogP) is 3.19. The molecular weight excluding hydrogens is 375 g/mol. The van der Waals surface area contributed by atoms with Crippen LogP contribution in [0.3, 0.4) is 0 Å². The number of carbonyl (C=O) groups excluding carboxylic acids is 1. The Morgan fingerprint density at radius 2 is 1.97 bits per heavy atom. The monoisotopic (exact) mass is 400 g/mol. The van der Waals surface area contributed by atoms with E-state index in [1.165, 1.54) is 12.1 Å². The SMILES string of the molecule is CCOCCOCc1cccc(CNC(=O)C2CC(c3cccc(F)c3)=NO2)c1. The molecule has 0 aliphatic carbocycles. The zero-order valence-electron chi connectivity index (χ0n) is 16.4. The van der Waals surface area contributed by atoms with Gasteiger partial charge in [0, 0.05) is 25.1 Å². The summed E-state index contributed by atoms with van der Waals surface area (Å²) in [5.41, 5.74) is 3.18. The van der Waals surface area contributed by atoms with E-state index in [0.717, 1.165) is 11.1 Å². The Balaban J connectivity index is 1.44. The summed E-state index contributed by atoms with van der Waals surface area (Å²) in [5, 5.41) is 6.80. The Bertz CT molecular complexity index is 856. The molecule has 0 bridgehead atoms. The molecule has 2 aromatic carbocycles. The van der Waals surface area contributed by atoms with E-state index in [9.17, 15) is 9.18 Å². The number of ether oxygens (including phenoxy) is 2. The van der Waals surface area contributed by atoms with Gasteiger partial charge in [-0.3, -0.25) is 4.79 Å². The smallest absolute Gasteiger partial charge is 0.264 e. The van der Waals surface area contributed by atoms with Gasteiger partial charge in [0.25, 0.3) is 5.91 Å². The molecule has 0 spiro atoms. The minimum absolute atomic E-state index is 0.251. The van der Waals surface area contributed by atoms with Gasteiger partial charge in [-0.2, -0.15) is 0 Å². The number of benzene rings is 2. The molecule has 29 heavy (non-hydrogen) atoms. The highest BCUT2D eigenvalue weighted by Crippen LogP contribution is 2.18. The second-order valence-electron chi connectivity index (χ2n) is 6.63. The largest absolute Gasteiger partial charge is 0.382 e. The number of amides is 1. The number of hydrogen-bond donors (Lipinski definition) is 1. The molecule has 1 aliphatic heterocycles. The van der Waals surface area contributed by atoms with E-state index < -0.39 is 6.10 Å². The number of nitrogens with zero attached hydrogens (tertiary/aromatic N) is 1. The minimum Gasteiger partial charge on any atom is -0.382 e. The van der Waals surface area contributed by atoms with Crippen molar-refractivity contribution in [1.29, 1.82) is 0 Å². The lowest BCUT2D eigenvalue weighted by molar-refractivity contribution is -0.131. The van der Waals surface area contributed by atoms with Gasteiger partial charge in [0.2, 0.25) is 6.10 Å². The molecule has 6 nitrogen and oxygen atoms in total. The molecule has 1 aliphatic rings. The lowest BCUT2D eigenvalue weighted by Crippen LogP contribution is -2.34. The van der Waals surface area contributed by atoms with Gasteiger partial charge < -0.3 is 19.6 Å². The topological polar surface area (TPSA) is 69.2 Å². The van der Waals surface area contributed by atoms with Crippen LogP contribution in [0.4, 0.5) is 4.39 Å². The van der Waals surface area contributed by atoms with Crippen molar-refractivity contribution in [2.45, 2.75) is 32.6 Å². The van der Waals surface area contributed by atoms with Crippen molar-refractivity contribution >= 4 is 11.6 Å². The Labute approximate surface area is 169 Å². The maximum atomic E-state index is 13.4. The van der Waals surface area contributed by atoms with Crippen LogP contribution in [0.25, 0.3) is 0 Å². The molecule has 154 valence electrons. The predicted molar refractivity (Wildman–Crippen MR) is 107 cm³/mol. The quantitative estimate of drug-likeness (QED) is 0.622. The van der Waals surface area contributed by atoms with E-state index in [1.54, 1.807) is 12.1 Å². The van der Waals surface area contributed by atoms with Crippen LogP contribution in [-0.2, 0) is 32.3 Å². The fourth-order valence-corrected chi connectivity index (χ4v) is 2.94. The molecule has 0 saturated heterocycles. The Hall–Kier alpha value is -2.77. The number of rotatable bonds is 10. The van der Waals surface area contributed by atoms with Crippen LogP contribution in [0.5, 0.6) is 0 Å². The van der Waals surface area contributed by atoms with Crippen LogP contribution >= 0.6 is 0 Å². The molecule has 3 rings (SSSR count). The van der Waals surface area contributed by atoms with Crippen molar-refractivity contribution in [3.63, 3.8) is 0 Å². The Morgan fingerprint density at radius 3 is 2.79 bits per heavy atom. The van der Waals surface area contributed by atoms with E-state index in [-0.39, 0.29) is 11.7 Å². The standard InChI is InChI=1S/C22H25FN2O4/c1-2-27-9-10-28-15-17-6-3-5-16(11-17)14-24-22(26)21-13-20(25-29-21)18-7-4-8-19(23)12-18/h3-8,11-12,21H,2,9-10,13-15H2,1H3,(H,24,26). The van der Waals surface area contributed by atoms with Crippen LogP contribution in [0.1, 0.15) is 30.0 Å². The van der Waals surface area contributed by atoms with Gasteiger partial charge in [-0.25, -0.2) is 4.39 Å². The third-order valence-corrected chi connectivity index (χ3v) is 4.42. The first-order valence-corrected chi connectivity index (χ1v) is 9.65. The molecule has 1 amide bonds. The van der Waals surface area contributed by atoms with E-state index in [0.29, 0.717) is 50.7 Å². The Kier molecular flexibility index (Phi) is 7.72. The van der Waals surface area contributed by atoms with Crippen LogP contribution in [-0.4, -0.2) is 37.5 Å². The van der Waals surface area contributed by atoms with Gasteiger partial charge in [-0.05, 0) is 30.2 Å².